The molecular formula is C13H18N2O4. The van der Waals surface area contributed by atoms with Crippen molar-refractivity contribution in [3.05, 3.63) is 0 Å². The highest BCUT2D eigenvalue weighted by atomic mass is 16.4. The Bertz CT molecular complexity index is 428. The maximum atomic E-state index is 12.3. The third kappa shape index (κ3) is 2.63. The van der Waals surface area contributed by atoms with E-state index in [9.17, 15) is 14.4 Å². The lowest BCUT2D eigenvalue weighted by Crippen LogP contribution is -2.45. The van der Waals surface area contributed by atoms with Crippen LogP contribution < -0.4 is 0 Å². The Morgan fingerprint density at radius 1 is 1.26 bits per heavy atom. The standard InChI is InChI=1S/C13H18N2O4/c16-11-5-10(13(19)15(11)9-3-4-9)14(7-12(17)18)6-8-1-2-8/h8-10H,1-7H2,(H,17,18). The molecule has 0 aromatic rings. The van der Waals surface area contributed by atoms with Crippen molar-refractivity contribution in [2.24, 2.45) is 5.92 Å². The Morgan fingerprint density at radius 2 is 1.95 bits per heavy atom. The summed E-state index contributed by atoms with van der Waals surface area (Å²) >= 11 is 0. The average molecular weight is 266 g/mol. The highest BCUT2D eigenvalue weighted by Crippen LogP contribution is 2.35. The van der Waals surface area contributed by atoms with Gasteiger partial charge in [0.05, 0.1) is 19.0 Å². The van der Waals surface area contributed by atoms with Crippen LogP contribution in [0.4, 0.5) is 0 Å². The molecule has 2 saturated carbocycles. The lowest BCUT2D eigenvalue weighted by atomic mass is 10.2. The molecule has 1 saturated heterocycles. The van der Waals surface area contributed by atoms with Crippen LogP contribution in [-0.2, 0) is 14.4 Å². The molecular weight excluding hydrogens is 248 g/mol. The number of carboxylic acids is 1. The van der Waals surface area contributed by atoms with Crippen LogP contribution in [0.2, 0.25) is 0 Å². The van der Waals surface area contributed by atoms with E-state index >= 15 is 0 Å². The third-order valence-corrected chi connectivity index (χ3v) is 4.04. The molecule has 104 valence electrons. The fourth-order valence-corrected chi connectivity index (χ4v) is 2.74. The highest BCUT2D eigenvalue weighted by molar-refractivity contribution is 6.06. The Balaban J connectivity index is 1.71. The van der Waals surface area contributed by atoms with Gasteiger partial charge in [-0.05, 0) is 31.6 Å². The first-order chi connectivity index (χ1) is 9.06. The zero-order valence-electron chi connectivity index (χ0n) is 10.7. The number of hydrogen-bond acceptors (Lipinski definition) is 4. The van der Waals surface area contributed by atoms with Gasteiger partial charge in [0.2, 0.25) is 11.8 Å². The second-order valence-electron chi connectivity index (χ2n) is 5.82. The number of imide groups is 1. The number of aliphatic carboxylic acids is 1. The number of rotatable bonds is 6. The Hall–Kier alpha value is -1.43. The summed E-state index contributed by atoms with van der Waals surface area (Å²) < 4.78 is 0. The van der Waals surface area contributed by atoms with Crippen LogP contribution in [0, 0.1) is 5.92 Å². The zero-order chi connectivity index (χ0) is 13.6. The molecule has 3 aliphatic rings. The molecule has 0 radical (unpaired) electrons. The van der Waals surface area contributed by atoms with Crippen molar-refractivity contribution in [1.82, 2.24) is 9.80 Å². The molecule has 6 nitrogen and oxygen atoms in total. The van der Waals surface area contributed by atoms with Crippen LogP contribution >= 0.6 is 0 Å². The topological polar surface area (TPSA) is 77.9 Å². The molecule has 19 heavy (non-hydrogen) atoms. The van der Waals surface area contributed by atoms with Crippen molar-refractivity contribution in [3.63, 3.8) is 0 Å². The van der Waals surface area contributed by atoms with Crippen molar-refractivity contribution < 1.29 is 19.5 Å². The molecule has 1 unspecified atom stereocenters. The molecule has 2 amide bonds. The first-order valence-electron chi connectivity index (χ1n) is 6.88. The molecule has 1 heterocycles. The Kier molecular flexibility index (Phi) is 3.05. The van der Waals surface area contributed by atoms with E-state index in [-0.39, 0.29) is 30.8 Å². The zero-order valence-corrected chi connectivity index (χ0v) is 10.7. The summed E-state index contributed by atoms with van der Waals surface area (Å²) in [5.74, 6) is -0.763. The lowest BCUT2D eigenvalue weighted by molar-refractivity contribution is -0.141. The van der Waals surface area contributed by atoms with Gasteiger partial charge in [0.1, 0.15) is 0 Å². The van der Waals surface area contributed by atoms with E-state index in [1.165, 1.54) is 4.90 Å². The molecule has 0 aromatic heterocycles. The highest BCUT2D eigenvalue weighted by Gasteiger charge is 2.48. The monoisotopic (exact) mass is 266 g/mol. The van der Waals surface area contributed by atoms with Crippen LogP contribution in [0.5, 0.6) is 0 Å². The number of amides is 2. The summed E-state index contributed by atoms with van der Waals surface area (Å²) in [6.07, 6.45) is 4.13. The van der Waals surface area contributed by atoms with E-state index < -0.39 is 12.0 Å². The molecule has 1 N–H and O–H groups in total. The fraction of sp³-hybridized carbons (Fsp3) is 0.769. The van der Waals surface area contributed by atoms with E-state index in [0.29, 0.717) is 12.5 Å². The van der Waals surface area contributed by atoms with Gasteiger partial charge in [-0.15, -0.1) is 0 Å². The maximum absolute atomic E-state index is 12.3. The van der Waals surface area contributed by atoms with E-state index in [1.807, 2.05) is 0 Å². The van der Waals surface area contributed by atoms with Gasteiger partial charge in [0.15, 0.2) is 0 Å². The van der Waals surface area contributed by atoms with E-state index in [4.69, 9.17) is 5.11 Å². The van der Waals surface area contributed by atoms with Crippen molar-refractivity contribution in [2.45, 2.75) is 44.2 Å². The molecule has 0 bridgehead atoms. The van der Waals surface area contributed by atoms with Gasteiger partial charge in [0.25, 0.3) is 0 Å². The Morgan fingerprint density at radius 3 is 2.47 bits per heavy atom. The molecule has 0 aromatic carbocycles. The molecule has 6 heteroatoms. The first-order valence-corrected chi connectivity index (χ1v) is 6.88. The second-order valence-corrected chi connectivity index (χ2v) is 5.82. The number of nitrogens with zero attached hydrogens (tertiary/aromatic N) is 2. The van der Waals surface area contributed by atoms with Crippen molar-refractivity contribution in [3.8, 4) is 0 Å². The number of carbonyl (C=O) groups excluding carboxylic acids is 2. The third-order valence-electron chi connectivity index (χ3n) is 4.04. The van der Waals surface area contributed by atoms with Gasteiger partial charge in [-0.25, -0.2) is 0 Å². The smallest absolute Gasteiger partial charge is 0.317 e. The van der Waals surface area contributed by atoms with Crippen LogP contribution in [0.3, 0.4) is 0 Å². The normalized spacial score (nSPS) is 27.4. The van der Waals surface area contributed by atoms with E-state index in [2.05, 4.69) is 0 Å². The quantitative estimate of drug-likeness (QED) is 0.688. The minimum Gasteiger partial charge on any atom is -0.480 e. The van der Waals surface area contributed by atoms with Gasteiger partial charge in [-0.2, -0.15) is 0 Å². The summed E-state index contributed by atoms with van der Waals surface area (Å²) in [4.78, 5) is 38.2. The largest absolute Gasteiger partial charge is 0.480 e. The van der Waals surface area contributed by atoms with Crippen LogP contribution in [0.25, 0.3) is 0 Å². The Labute approximate surface area is 111 Å². The predicted molar refractivity (Wildman–Crippen MR) is 65.2 cm³/mol. The van der Waals surface area contributed by atoms with Crippen LogP contribution in [0.1, 0.15) is 32.1 Å². The number of carboxylic acid groups (broad SMARTS) is 1. The molecule has 3 fully saturated rings. The number of hydrogen-bond donors (Lipinski definition) is 1. The van der Waals surface area contributed by atoms with Crippen molar-refractivity contribution in [1.29, 1.82) is 0 Å². The summed E-state index contributed by atoms with van der Waals surface area (Å²) in [6.45, 7) is 0.465. The van der Waals surface area contributed by atoms with Crippen LogP contribution in [0.15, 0.2) is 0 Å². The van der Waals surface area contributed by atoms with Crippen molar-refractivity contribution in [2.75, 3.05) is 13.1 Å². The number of carbonyl (C=O) groups is 3. The molecule has 0 spiro atoms. The summed E-state index contributed by atoms with van der Waals surface area (Å²) in [7, 11) is 0. The number of likely N-dealkylation sites (tertiary alicyclic amines) is 1. The predicted octanol–water partition coefficient (Wildman–Crippen LogP) is 0.0729. The van der Waals surface area contributed by atoms with E-state index in [1.54, 1.807) is 4.90 Å². The van der Waals surface area contributed by atoms with Gasteiger partial charge in [-0.3, -0.25) is 24.2 Å². The summed E-state index contributed by atoms with van der Waals surface area (Å²) in [5, 5.41) is 8.97. The maximum Gasteiger partial charge on any atom is 0.317 e. The minimum absolute atomic E-state index is 0.0811. The lowest BCUT2D eigenvalue weighted by Gasteiger charge is -2.25. The van der Waals surface area contributed by atoms with Gasteiger partial charge in [0, 0.05) is 12.6 Å². The minimum atomic E-state index is -0.939. The van der Waals surface area contributed by atoms with Crippen molar-refractivity contribution >= 4 is 17.8 Å². The van der Waals surface area contributed by atoms with Gasteiger partial charge < -0.3 is 5.11 Å². The average Bonchev–Trinajstić information content (AvgIpc) is 3.19. The summed E-state index contributed by atoms with van der Waals surface area (Å²) in [5.41, 5.74) is 0. The second kappa shape index (κ2) is 4.59. The molecule has 1 atom stereocenters. The van der Waals surface area contributed by atoms with Gasteiger partial charge in [-0.1, -0.05) is 0 Å². The molecule has 2 aliphatic carbocycles. The molecule has 1 aliphatic heterocycles. The summed E-state index contributed by atoms with van der Waals surface area (Å²) in [6, 6.07) is -0.470. The van der Waals surface area contributed by atoms with Gasteiger partial charge >= 0.3 is 5.97 Å². The first kappa shape index (κ1) is 12.6. The molecule has 3 rings (SSSR count). The fourth-order valence-electron chi connectivity index (χ4n) is 2.74. The van der Waals surface area contributed by atoms with E-state index in [0.717, 1.165) is 25.7 Å². The van der Waals surface area contributed by atoms with Crippen LogP contribution in [-0.4, -0.2) is 57.9 Å². The SMILES string of the molecule is O=C(O)CN(CC1CC1)C1CC(=O)N(C2CC2)C1=O.